The molecule has 1 aromatic rings. The van der Waals surface area contributed by atoms with E-state index >= 15 is 0 Å². The van der Waals surface area contributed by atoms with Crippen LogP contribution in [0.25, 0.3) is 0 Å². The average molecular weight is 177 g/mol. The van der Waals surface area contributed by atoms with Gasteiger partial charge in [0, 0.05) is 12.4 Å². The number of hydrogen-bond donors (Lipinski definition) is 1. The van der Waals surface area contributed by atoms with E-state index in [4.69, 9.17) is 0 Å². The van der Waals surface area contributed by atoms with Gasteiger partial charge in [0.05, 0.1) is 6.10 Å². The summed E-state index contributed by atoms with van der Waals surface area (Å²) in [6, 6.07) is 3.72. The van der Waals surface area contributed by atoms with E-state index in [9.17, 15) is 5.11 Å². The fourth-order valence-corrected chi connectivity index (χ4v) is 1.06. The van der Waals surface area contributed by atoms with Crippen molar-refractivity contribution in [3.63, 3.8) is 0 Å². The van der Waals surface area contributed by atoms with Crippen molar-refractivity contribution in [3.05, 3.63) is 41.7 Å². The molecule has 1 N–H and O–H groups in total. The number of rotatable bonds is 3. The lowest BCUT2D eigenvalue weighted by Crippen LogP contribution is -1.95. The van der Waals surface area contributed by atoms with Crippen LogP contribution in [0, 0.1) is 0 Å². The maximum atomic E-state index is 9.68. The summed E-state index contributed by atoms with van der Waals surface area (Å²) >= 11 is 0. The predicted molar refractivity (Wildman–Crippen MR) is 53.2 cm³/mol. The van der Waals surface area contributed by atoms with E-state index in [0.29, 0.717) is 6.42 Å². The average Bonchev–Trinajstić information content (AvgIpc) is 2.15. The minimum absolute atomic E-state index is 0.427. The van der Waals surface area contributed by atoms with Crippen molar-refractivity contribution >= 4 is 0 Å². The second-order valence-electron chi connectivity index (χ2n) is 3.32. The van der Waals surface area contributed by atoms with Crippen LogP contribution in [0.5, 0.6) is 0 Å². The maximum Gasteiger partial charge on any atom is 0.0839 e. The summed E-state index contributed by atoms with van der Waals surface area (Å²) < 4.78 is 0. The molecule has 0 saturated carbocycles. The van der Waals surface area contributed by atoms with Crippen LogP contribution in [-0.4, -0.2) is 10.1 Å². The molecule has 0 radical (unpaired) electrons. The fourth-order valence-electron chi connectivity index (χ4n) is 1.06. The van der Waals surface area contributed by atoms with Crippen molar-refractivity contribution in [2.75, 3.05) is 0 Å². The molecule has 13 heavy (non-hydrogen) atoms. The number of pyridine rings is 1. The van der Waals surface area contributed by atoms with E-state index in [2.05, 4.69) is 4.98 Å². The monoisotopic (exact) mass is 177 g/mol. The molecule has 0 spiro atoms. The van der Waals surface area contributed by atoms with Gasteiger partial charge in [-0.15, -0.1) is 0 Å². The Bertz CT molecular complexity index is 275. The van der Waals surface area contributed by atoms with Gasteiger partial charge in [0.1, 0.15) is 0 Å². The second-order valence-corrected chi connectivity index (χ2v) is 3.32. The first-order valence-electron chi connectivity index (χ1n) is 4.41. The molecule has 1 rings (SSSR count). The molecule has 0 aliphatic rings. The van der Waals surface area contributed by atoms with Crippen molar-refractivity contribution in [2.45, 2.75) is 26.4 Å². The minimum Gasteiger partial charge on any atom is -0.388 e. The van der Waals surface area contributed by atoms with Gasteiger partial charge >= 0.3 is 0 Å². The Hall–Kier alpha value is -1.15. The highest BCUT2D eigenvalue weighted by atomic mass is 16.3. The highest BCUT2D eigenvalue weighted by Crippen LogP contribution is 2.15. The van der Waals surface area contributed by atoms with Crippen LogP contribution in [0.15, 0.2) is 36.2 Å². The molecule has 2 heteroatoms. The van der Waals surface area contributed by atoms with E-state index in [1.165, 1.54) is 5.57 Å². The van der Waals surface area contributed by atoms with Gasteiger partial charge in [-0.1, -0.05) is 17.7 Å². The third-order valence-electron chi connectivity index (χ3n) is 1.82. The zero-order valence-corrected chi connectivity index (χ0v) is 8.07. The third kappa shape index (κ3) is 3.38. The summed E-state index contributed by atoms with van der Waals surface area (Å²) in [5, 5.41) is 9.68. The molecule has 0 aliphatic heterocycles. The van der Waals surface area contributed by atoms with E-state index in [-0.39, 0.29) is 0 Å². The molecule has 0 bridgehead atoms. The highest BCUT2D eigenvalue weighted by molar-refractivity contribution is 5.13. The minimum atomic E-state index is -0.427. The first kappa shape index (κ1) is 9.93. The van der Waals surface area contributed by atoms with E-state index in [1.54, 1.807) is 12.4 Å². The van der Waals surface area contributed by atoms with Crippen LogP contribution in [0.4, 0.5) is 0 Å². The Morgan fingerprint density at radius 3 is 2.92 bits per heavy atom. The standard InChI is InChI=1S/C11H15NO/c1-9(2)5-6-11(13)10-4-3-7-12-8-10/h3-5,7-8,11,13H,6H2,1-2H3/t11-/m0/s1. The molecule has 0 aromatic carbocycles. The maximum absolute atomic E-state index is 9.68. The fraction of sp³-hybridized carbons (Fsp3) is 0.364. The van der Waals surface area contributed by atoms with Crippen LogP contribution in [-0.2, 0) is 0 Å². The van der Waals surface area contributed by atoms with Crippen LogP contribution < -0.4 is 0 Å². The van der Waals surface area contributed by atoms with Crippen molar-refractivity contribution in [1.82, 2.24) is 4.98 Å². The lowest BCUT2D eigenvalue weighted by atomic mass is 10.1. The van der Waals surface area contributed by atoms with E-state index in [0.717, 1.165) is 5.56 Å². The number of hydrogen-bond acceptors (Lipinski definition) is 2. The van der Waals surface area contributed by atoms with Crippen LogP contribution in [0.1, 0.15) is 31.9 Å². The largest absolute Gasteiger partial charge is 0.388 e. The number of allylic oxidation sites excluding steroid dienone is 1. The molecule has 1 atom stereocenters. The van der Waals surface area contributed by atoms with Gasteiger partial charge in [0.2, 0.25) is 0 Å². The molecule has 0 aliphatic carbocycles. The molecule has 0 amide bonds. The first-order chi connectivity index (χ1) is 6.20. The Labute approximate surface area is 78.9 Å². The SMILES string of the molecule is CC(C)=CC[C@H](O)c1cccnc1. The summed E-state index contributed by atoms with van der Waals surface area (Å²) in [5.74, 6) is 0. The van der Waals surface area contributed by atoms with Gasteiger partial charge in [0.15, 0.2) is 0 Å². The first-order valence-corrected chi connectivity index (χ1v) is 4.41. The third-order valence-corrected chi connectivity index (χ3v) is 1.82. The normalized spacial score (nSPS) is 12.2. The Kier molecular flexibility index (Phi) is 3.65. The number of aliphatic hydroxyl groups is 1. The molecule has 70 valence electrons. The van der Waals surface area contributed by atoms with Gasteiger partial charge in [-0.05, 0) is 31.9 Å². The molecule has 1 aromatic heterocycles. The van der Waals surface area contributed by atoms with Gasteiger partial charge in [0.25, 0.3) is 0 Å². The van der Waals surface area contributed by atoms with Crippen LogP contribution in [0.2, 0.25) is 0 Å². The van der Waals surface area contributed by atoms with Gasteiger partial charge < -0.3 is 5.11 Å². The van der Waals surface area contributed by atoms with Crippen molar-refractivity contribution in [3.8, 4) is 0 Å². The molecule has 0 fully saturated rings. The molecular weight excluding hydrogens is 162 g/mol. The Morgan fingerprint density at radius 1 is 1.62 bits per heavy atom. The van der Waals surface area contributed by atoms with Crippen LogP contribution >= 0.6 is 0 Å². The van der Waals surface area contributed by atoms with Crippen LogP contribution in [0.3, 0.4) is 0 Å². The summed E-state index contributed by atoms with van der Waals surface area (Å²) in [5.41, 5.74) is 2.10. The zero-order valence-electron chi connectivity index (χ0n) is 8.07. The van der Waals surface area contributed by atoms with Crippen molar-refractivity contribution in [2.24, 2.45) is 0 Å². The van der Waals surface area contributed by atoms with Gasteiger partial charge in [-0.3, -0.25) is 4.98 Å². The number of nitrogens with zero attached hydrogens (tertiary/aromatic N) is 1. The topological polar surface area (TPSA) is 33.1 Å². The number of aromatic nitrogens is 1. The summed E-state index contributed by atoms with van der Waals surface area (Å²) in [4.78, 5) is 3.95. The molecule has 0 unspecified atom stereocenters. The van der Waals surface area contributed by atoms with Gasteiger partial charge in [-0.25, -0.2) is 0 Å². The lowest BCUT2D eigenvalue weighted by molar-refractivity contribution is 0.181. The Balaban J connectivity index is 2.59. The summed E-state index contributed by atoms with van der Waals surface area (Å²) in [7, 11) is 0. The smallest absolute Gasteiger partial charge is 0.0839 e. The zero-order chi connectivity index (χ0) is 9.68. The molecule has 1 heterocycles. The van der Waals surface area contributed by atoms with Gasteiger partial charge in [-0.2, -0.15) is 0 Å². The predicted octanol–water partition coefficient (Wildman–Crippen LogP) is 2.47. The summed E-state index contributed by atoms with van der Waals surface area (Å²) in [6.07, 6.45) is 5.66. The second kappa shape index (κ2) is 4.77. The highest BCUT2D eigenvalue weighted by Gasteiger charge is 2.04. The van der Waals surface area contributed by atoms with E-state index < -0.39 is 6.10 Å². The molecule has 2 nitrogen and oxygen atoms in total. The lowest BCUT2D eigenvalue weighted by Gasteiger charge is -2.07. The summed E-state index contributed by atoms with van der Waals surface area (Å²) in [6.45, 7) is 4.05. The van der Waals surface area contributed by atoms with Crippen molar-refractivity contribution in [1.29, 1.82) is 0 Å². The quantitative estimate of drug-likeness (QED) is 0.719. The van der Waals surface area contributed by atoms with Crippen molar-refractivity contribution < 1.29 is 5.11 Å². The molecular formula is C11H15NO. The Morgan fingerprint density at radius 2 is 2.38 bits per heavy atom. The number of aliphatic hydroxyl groups excluding tert-OH is 1. The van der Waals surface area contributed by atoms with E-state index in [1.807, 2.05) is 32.1 Å². The molecule has 0 saturated heterocycles.